The zero-order chi connectivity index (χ0) is 14.3. The van der Waals surface area contributed by atoms with E-state index in [0.717, 1.165) is 0 Å². The smallest absolute Gasteiger partial charge is 0.347 e. The molecule has 0 aliphatic rings. The van der Waals surface area contributed by atoms with Crippen LogP contribution in [0.2, 0.25) is 15.1 Å². The molecule has 3 nitrogen and oxygen atoms in total. The lowest BCUT2D eigenvalue weighted by Gasteiger charge is -2.03. The van der Waals surface area contributed by atoms with Crippen LogP contribution >= 0.6 is 34.8 Å². The van der Waals surface area contributed by atoms with Gasteiger partial charge in [0.05, 0.1) is 20.9 Å². The number of fused-ring (bicyclic) bond motifs is 1. The zero-order valence-electron chi connectivity index (χ0n) is 9.86. The lowest BCUT2D eigenvalue weighted by atomic mass is 10.2. The predicted molar refractivity (Wildman–Crippen MR) is 80.7 cm³/mol. The van der Waals surface area contributed by atoms with Crippen LogP contribution in [0.5, 0.6) is 0 Å². The normalized spacial score (nSPS) is 10.9. The molecule has 0 radical (unpaired) electrons. The van der Waals surface area contributed by atoms with Crippen LogP contribution in [-0.2, 0) is 0 Å². The number of halogens is 3. The Kier molecular flexibility index (Phi) is 3.42. The van der Waals surface area contributed by atoms with Crippen molar-refractivity contribution in [2.24, 2.45) is 0 Å². The maximum Gasteiger partial charge on any atom is 0.347 e. The van der Waals surface area contributed by atoms with Gasteiger partial charge < -0.3 is 4.42 Å². The molecule has 0 spiro atoms. The Bertz CT molecular complexity index is 874. The van der Waals surface area contributed by atoms with Crippen LogP contribution < -0.4 is 5.63 Å². The van der Waals surface area contributed by atoms with E-state index in [-0.39, 0.29) is 5.89 Å². The molecule has 0 fully saturated rings. The minimum Gasteiger partial charge on any atom is -0.403 e. The summed E-state index contributed by atoms with van der Waals surface area (Å²) in [5, 5.41) is 1.65. The maximum absolute atomic E-state index is 11.9. The van der Waals surface area contributed by atoms with Gasteiger partial charge in [0, 0.05) is 10.6 Å². The van der Waals surface area contributed by atoms with E-state index < -0.39 is 5.63 Å². The van der Waals surface area contributed by atoms with Crippen molar-refractivity contribution in [1.82, 2.24) is 4.98 Å². The molecule has 2 aromatic carbocycles. The van der Waals surface area contributed by atoms with Gasteiger partial charge in [-0.1, -0.05) is 34.8 Å². The molecule has 0 saturated carbocycles. The zero-order valence-corrected chi connectivity index (χ0v) is 12.1. The lowest BCUT2D eigenvalue weighted by Crippen LogP contribution is -2.02. The quantitative estimate of drug-likeness (QED) is 0.644. The Morgan fingerprint density at radius 2 is 1.75 bits per heavy atom. The van der Waals surface area contributed by atoms with Crippen LogP contribution in [0.25, 0.3) is 22.4 Å². The van der Waals surface area contributed by atoms with E-state index in [1.165, 1.54) is 0 Å². The van der Waals surface area contributed by atoms with Crippen LogP contribution in [0.1, 0.15) is 0 Å². The third kappa shape index (κ3) is 2.40. The fraction of sp³-hybridized carbons (Fsp3) is 0. The molecular formula is C14H6Cl3NO2. The van der Waals surface area contributed by atoms with Crippen molar-refractivity contribution >= 4 is 45.7 Å². The lowest BCUT2D eigenvalue weighted by molar-refractivity contribution is 0.518. The van der Waals surface area contributed by atoms with Gasteiger partial charge in [-0.2, -0.15) is 0 Å². The van der Waals surface area contributed by atoms with Gasteiger partial charge in [-0.3, -0.25) is 0 Å². The molecule has 0 amide bonds. The second-order valence-corrected chi connectivity index (χ2v) is 5.35. The number of rotatable bonds is 1. The van der Waals surface area contributed by atoms with Gasteiger partial charge in [-0.05, 0) is 36.4 Å². The first-order valence-electron chi connectivity index (χ1n) is 5.60. The number of benzene rings is 2. The summed E-state index contributed by atoms with van der Waals surface area (Å²) in [5.74, 6) is 0.170. The average Bonchev–Trinajstić information content (AvgIpc) is 2.41. The van der Waals surface area contributed by atoms with Gasteiger partial charge in [0.1, 0.15) is 0 Å². The number of hydrogen-bond acceptors (Lipinski definition) is 3. The summed E-state index contributed by atoms with van der Waals surface area (Å²) in [7, 11) is 0. The SMILES string of the molecule is O=c1oc(-c2ccc(Cl)c(Cl)c2)nc2cc(Cl)ccc12. The van der Waals surface area contributed by atoms with E-state index in [4.69, 9.17) is 39.2 Å². The van der Waals surface area contributed by atoms with Crippen LogP contribution in [0.3, 0.4) is 0 Å². The van der Waals surface area contributed by atoms with Crippen LogP contribution in [0.15, 0.2) is 45.6 Å². The van der Waals surface area contributed by atoms with Crippen molar-refractivity contribution in [1.29, 1.82) is 0 Å². The third-order valence-electron chi connectivity index (χ3n) is 2.76. The fourth-order valence-corrected chi connectivity index (χ4v) is 2.26. The average molecular weight is 327 g/mol. The van der Waals surface area contributed by atoms with Crippen LogP contribution in [-0.4, -0.2) is 4.98 Å². The molecular weight excluding hydrogens is 321 g/mol. The topological polar surface area (TPSA) is 43.1 Å². The molecule has 3 aromatic rings. The molecule has 6 heteroatoms. The van der Waals surface area contributed by atoms with Gasteiger partial charge in [0.25, 0.3) is 0 Å². The van der Waals surface area contributed by atoms with Crippen molar-refractivity contribution in [3.8, 4) is 11.5 Å². The summed E-state index contributed by atoms with van der Waals surface area (Å²) in [5.41, 5.74) is 0.556. The summed E-state index contributed by atoms with van der Waals surface area (Å²) in [6.07, 6.45) is 0. The summed E-state index contributed by atoms with van der Waals surface area (Å²) < 4.78 is 5.20. The Morgan fingerprint density at radius 1 is 0.950 bits per heavy atom. The summed E-state index contributed by atoms with van der Waals surface area (Å²) in [6.45, 7) is 0. The molecule has 100 valence electrons. The molecule has 3 rings (SSSR count). The highest BCUT2D eigenvalue weighted by molar-refractivity contribution is 6.42. The predicted octanol–water partition coefficient (Wildman–Crippen LogP) is 4.82. The molecule has 0 aliphatic heterocycles. The standard InChI is InChI=1S/C14H6Cl3NO2/c15-8-2-3-9-12(6-8)18-13(20-14(9)19)7-1-4-10(16)11(17)5-7/h1-6H. The molecule has 0 bridgehead atoms. The van der Waals surface area contributed by atoms with E-state index in [2.05, 4.69) is 4.98 Å². The van der Waals surface area contributed by atoms with Crippen molar-refractivity contribution in [3.05, 3.63) is 61.9 Å². The Morgan fingerprint density at radius 3 is 2.50 bits per heavy atom. The highest BCUT2D eigenvalue weighted by Gasteiger charge is 2.10. The molecule has 0 aliphatic carbocycles. The van der Waals surface area contributed by atoms with Crippen molar-refractivity contribution < 1.29 is 4.42 Å². The minimum atomic E-state index is -0.479. The number of aromatic nitrogens is 1. The molecule has 20 heavy (non-hydrogen) atoms. The van der Waals surface area contributed by atoms with E-state index in [1.807, 2.05) is 0 Å². The number of hydrogen-bond donors (Lipinski definition) is 0. The highest BCUT2D eigenvalue weighted by atomic mass is 35.5. The molecule has 0 unspecified atom stereocenters. The summed E-state index contributed by atoms with van der Waals surface area (Å²) >= 11 is 17.7. The maximum atomic E-state index is 11.9. The molecule has 0 N–H and O–H groups in total. The van der Waals surface area contributed by atoms with Gasteiger partial charge in [-0.25, -0.2) is 9.78 Å². The number of nitrogens with zero attached hydrogens (tertiary/aromatic N) is 1. The van der Waals surface area contributed by atoms with E-state index in [0.29, 0.717) is 31.5 Å². The first kappa shape index (κ1) is 13.4. The molecule has 0 saturated heterocycles. The Balaban J connectivity index is 2.26. The van der Waals surface area contributed by atoms with Gasteiger partial charge in [-0.15, -0.1) is 0 Å². The van der Waals surface area contributed by atoms with Crippen LogP contribution in [0.4, 0.5) is 0 Å². The van der Waals surface area contributed by atoms with Crippen molar-refractivity contribution in [2.75, 3.05) is 0 Å². The second-order valence-electron chi connectivity index (χ2n) is 4.10. The van der Waals surface area contributed by atoms with E-state index in [9.17, 15) is 4.79 Å². The Labute approximate surface area is 128 Å². The summed E-state index contributed by atoms with van der Waals surface area (Å²) in [4.78, 5) is 16.2. The van der Waals surface area contributed by atoms with Crippen LogP contribution in [0, 0.1) is 0 Å². The first-order valence-corrected chi connectivity index (χ1v) is 6.74. The van der Waals surface area contributed by atoms with Gasteiger partial charge in [0.2, 0.25) is 5.89 Å². The monoisotopic (exact) mass is 325 g/mol. The summed E-state index contributed by atoms with van der Waals surface area (Å²) in [6, 6.07) is 9.68. The highest BCUT2D eigenvalue weighted by Crippen LogP contribution is 2.28. The first-order chi connectivity index (χ1) is 9.54. The molecule has 1 heterocycles. The second kappa shape index (κ2) is 5.09. The van der Waals surface area contributed by atoms with Gasteiger partial charge >= 0.3 is 5.63 Å². The molecule has 1 aromatic heterocycles. The van der Waals surface area contributed by atoms with E-state index >= 15 is 0 Å². The Hall–Kier alpha value is -1.55. The minimum absolute atomic E-state index is 0.170. The van der Waals surface area contributed by atoms with Gasteiger partial charge in [0.15, 0.2) is 0 Å². The van der Waals surface area contributed by atoms with Crippen molar-refractivity contribution in [2.45, 2.75) is 0 Å². The van der Waals surface area contributed by atoms with E-state index in [1.54, 1.807) is 36.4 Å². The van der Waals surface area contributed by atoms with Crippen molar-refractivity contribution in [3.63, 3.8) is 0 Å². The molecule has 0 atom stereocenters. The largest absolute Gasteiger partial charge is 0.403 e. The fourth-order valence-electron chi connectivity index (χ4n) is 1.80. The third-order valence-corrected chi connectivity index (χ3v) is 3.73.